The maximum Gasteiger partial charge on any atom is 0.264 e. The minimum Gasteiger partial charge on any atom is -0.321 e. The first-order chi connectivity index (χ1) is 14.6. The van der Waals surface area contributed by atoms with Crippen LogP contribution in [0.25, 0.3) is 0 Å². The van der Waals surface area contributed by atoms with Crippen molar-refractivity contribution in [2.24, 2.45) is 0 Å². The van der Waals surface area contributed by atoms with Gasteiger partial charge in [-0.3, -0.25) is 9.10 Å². The Balaban J connectivity index is 1.78. The van der Waals surface area contributed by atoms with Crippen molar-refractivity contribution in [2.45, 2.75) is 9.79 Å². The Bertz CT molecular complexity index is 1220. The number of thioether (sulfide) groups is 1. The van der Waals surface area contributed by atoms with Gasteiger partial charge in [0.1, 0.15) is 0 Å². The minimum atomic E-state index is -3.73. The van der Waals surface area contributed by atoms with E-state index in [1.165, 1.54) is 47.4 Å². The molecule has 1 N–H and O–H groups in total. The van der Waals surface area contributed by atoms with Gasteiger partial charge in [0.25, 0.3) is 15.9 Å². The summed E-state index contributed by atoms with van der Waals surface area (Å²) in [5.41, 5.74) is 1.05. The molecule has 0 aromatic heterocycles. The molecule has 0 atom stereocenters. The van der Waals surface area contributed by atoms with Gasteiger partial charge in [0, 0.05) is 17.5 Å². The number of hydrogen-bond donors (Lipinski definition) is 1. The Morgan fingerprint density at radius 2 is 1.48 bits per heavy atom. The second kappa shape index (κ2) is 9.71. The van der Waals surface area contributed by atoms with Crippen LogP contribution in [0, 0.1) is 0 Å². The third-order valence-electron chi connectivity index (χ3n) is 4.47. The molecule has 0 aliphatic carbocycles. The molecule has 1 amide bonds. The summed E-state index contributed by atoms with van der Waals surface area (Å²) in [6, 6.07) is 15.7. The molecule has 3 rings (SSSR count). The molecule has 0 saturated carbocycles. The molecule has 10 heteroatoms. The van der Waals surface area contributed by atoms with Crippen molar-refractivity contribution in [2.75, 3.05) is 22.9 Å². The van der Waals surface area contributed by atoms with E-state index in [9.17, 15) is 13.2 Å². The predicted molar refractivity (Wildman–Crippen MR) is 130 cm³/mol. The van der Waals surface area contributed by atoms with E-state index in [1.807, 2.05) is 6.26 Å². The van der Waals surface area contributed by atoms with Crippen LogP contribution in [-0.4, -0.2) is 27.6 Å². The number of hydrogen-bond acceptors (Lipinski definition) is 4. The number of rotatable bonds is 6. The lowest BCUT2D eigenvalue weighted by molar-refractivity contribution is 0.102. The number of carbonyl (C=O) groups excluding carboxylic acids is 1. The quantitative estimate of drug-likeness (QED) is 0.303. The van der Waals surface area contributed by atoms with E-state index in [-0.39, 0.29) is 20.0 Å². The Morgan fingerprint density at radius 1 is 0.903 bits per heavy atom. The molecule has 0 unspecified atom stereocenters. The van der Waals surface area contributed by atoms with Crippen LogP contribution in [0.2, 0.25) is 15.1 Å². The average Bonchev–Trinajstić information content (AvgIpc) is 2.77. The van der Waals surface area contributed by atoms with Gasteiger partial charge in [-0.25, -0.2) is 8.42 Å². The minimum absolute atomic E-state index is 0.184. The molecule has 0 heterocycles. The monoisotopic (exact) mass is 514 g/mol. The summed E-state index contributed by atoms with van der Waals surface area (Å²) in [5, 5.41) is 3.45. The van der Waals surface area contributed by atoms with Crippen LogP contribution < -0.4 is 9.62 Å². The second-order valence-corrected chi connectivity index (χ2v) is 10.5. The third-order valence-corrected chi connectivity index (χ3v) is 8.05. The number of nitrogens with one attached hydrogen (secondary N) is 1. The van der Waals surface area contributed by atoms with Crippen molar-refractivity contribution < 1.29 is 13.2 Å². The van der Waals surface area contributed by atoms with Crippen LogP contribution in [0.4, 0.5) is 11.4 Å². The predicted octanol–water partition coefficient (Wildman–Crippen LogP) is 6.45. The smallest absolute Gasteiger partial charge is 0.264 e. The zero-order valence-electron chi connectivity index (χ0n) is 16.4. The molecular formula is C21H17Cl3N2O3S2. The van der Waals surface area contributed by atoms with Crippen LogP contribution in [0.15, 0.2) is 70.5 Å². The topological polar surface area (TPSA) is 66.5 Å². The van der Waals surface area contributed by atoms with Crippen molar-refractivity contribution in [3.63, 3.8) is 0 Å². The lowest BCUT2D eigenvalue weighted by atomic mass is 10.2. The maximum atomic E-state index is 12.9. The number of halogens is 3. The SMILES string of the molecule is CSc1ccc(S(=O)(=O)N(C)c2ccc(C(=O)Nc3cc(Cl)c(Cl)cc3Cl)cc2)cc1. The molecule has 162 valence electrons. The summed E-state index contributed by atoms with van der Waals surface area (Å²) >= 11 is 19.5. The first-order valence-electron chi connectivity index (χ1n) is 8.82. The average molecular weight is 516 g/mol. The zero-order chi connectivity index (χ0) is 22.8. The van der Waals surface area contributed by atoms with Gasteiger partial charge in [-0.2, -0.15) is 0 Å². The highest BCUT2D eigenvalue weighted by atomic mass is 35.5. The molecule has 0 aliphatic heterocycles. The fourth-order valence-electron chi connectivity index (χ4n) is 2.68. The van der Waals surface area contributed by atoms with Crippen LogP contribution in [0.3, 0.4) is 0 Å². The van der Waals surface area contributed by atoms with Crippen LogP contribution in [-0.2, 0) is 10.0 Å². The molecule has 5 nitrogen and oxygen atoms in total. The van der Waals surface area contributed by atoms with Crippen molar-refractivity contribution in [3.05, 3.63) is 81.3 Å². The first-order valence-corrected chi connectivity index (χ1v) is 12.6. The van der Waals surface area contributed by atoms with Gasteiger partial charge in [0.15, 0.2) is 0 Å². The molecule has 3 aromatic rings. The summed E-state index contributed by atoms with van der Waals surface area (Å²) in [5.74, 6) is -0.426. The van der Waals surface area contributed by atoms with E-state index < -0.39 is 15.9 Å². The van der Waals surface area contributed by atoms with E-state index in [4.69, 9.17) is 34.8 Å². The number of sulfonamides is 1. The van der Waals surface area contributed by atoms with Gasteiger partial charge in [0.05, 0.1) is 31.3 Å². The second-order valence-electron chi connectivity index (χ2n) is 6.40. The molecule has 0 radical (unpaired) electrons. The standard InChI is InChI=1S/C21H17Cl3N2O3S2/c1-26(31(28,29)16-9-7-15(30-2)8-10-16)14-5-3-13(4-6-14)21(27)25-20-12-18(23)17(22)11-19(20)24/h3-12H,1-2H3,(H,25,27). The summed E-state index contributed by atoms with van der Waals surface area (Å²) in [6.07, 6.45) is 1.92. The summed E-state index contributed by atoms with van der Waals surface area (Å²) in [4.78, 5) is 13.7. The summed E-state index contributed by atoms with van der Waals surface area (Å²) in [7, 11) is -2.27. The van der Waals surface area contributed by atoms with Gasteiger partial charge in [0.2, 0.25) is 0 Å². The molecule has 0 aliphatic rings. The number of carbonyl (C=O) groups is 1. The van der Waals surface area contributed by atoms with Gasteiger partial charge >= 0.3 is 0 Å². The van der Waals surface area contributed by atoms with E-state index in [0.717, 1.165) is 4.90 Å². The number of nitrogens with zero attached hydrogens (tertiary/aromatic N) is 1. The molecule has 3 aromatic carbocycles. The molecule has 0 saturated heterocycles. The third kappa shape index (κ3) is 5.30. The van der Waals surface area contributed by atoms with Crippen molar-refractivity contribution in [1.82, 2.24) is 0 Å². The Labute approximate surface area is 200 Å². The Morgan fingerprint density at radius 3 is 2.06 bits per heavy atom. The molecule has 0 fully saturated rings. The molecule has 0 bridgehead atoms. The summed E-state index contributed by atoms with van der Waals surface area (Å²) in [6.45, 7) is 0. The number of anilines is 2. The fourth-order valence-corrected chi connectivity index (χ4v) is 4.88. The lowest BCUT2D eigenvalue weighted by Crippen LogP contribution is -2.26. The Kier molecular flexibility index (Phi) is 7.44. The molecule has 31 heavy (non-hydrogen) atoms. The molecular weight excluding hydrogens is 499 g/mol. The fraction of sp³-hybridized carbons (Fsp3) is 0.0952. The van der Waals surface area contributed by atoms with Gasteiger partial charge in [-0.05, 0) is 66.9 Å². The van der Waals surface area contributed by atoms with Crippen LogP contribution in [0.5, 0.6) is 0 Å². The first kappa shape index (κ1) is 23.8. The van der Waals surface area contributed by atoms with E-state index in [0.29, 0.717) is 16.9 Å². The number of benzene rings is 3. The highest BCUT2D eigenvalue weighted by Gasteiger charge is 2.21. The highest BCUT2D eigenvalue weighted by Crippen LogP contribution is 2.32. The van der Waals surface area contributed by atoms with Crippen molar-refractivity contribution >= 4 is 73.9 Å². The summed E-state index contributed by atoms with van der Waals surface area (Å²) < 4.78 is 26.9. The van der Waals surface area contributed by atoms with Gasteiger partial charge in [-0.1, -0.05) is 34.8 Å². The lowest BCUT2D eigenvalue weighted by Gasteiger charge is -2.20. The van der Waals surface area contributed by atoms with Gasteiger partial charge < -0.3 is 5.32 Å². The van der Waals surface area contributed by atoms with Crippen LogP contribution in [0.1, 0.15) is 10.4 Å². The van der Waals surface area contributed by atoms with E-state index >= 15 is 0 Å². The Hall–Kier alpha value is -1.90. The number of amides is 1. The highest BCUT2D eigenvalue weighted by molar-refractivity contribution is 7.98. The van der Waals surface area contributed by atoms with E-state index in [1.54, 1.807) is 36.4 Å². The largest absolute Gasteiger partial charge is 0.321 e. The normalized spacial score (nSPS) is 11.3. The zero-order valence-corrected chi connectivity index (χ0v) is 20.3. The van der Waals surface area contributed by atoms with Crippen molar-refractivity contribution in [3.8, 4) is 0 Å². The maximum absolute atomic E-state index is 12.9. The van der Waals surface area contributed by atoms with E-state index in [2.05, 4.69) is 5.32 Å². The molecule has 0 spiro atoms. The van der Waals surface area contributed by atoms with Gasteiger partial charge in [-0.15, -0.1) is 11.8 Å². The van der Waals surface area contributed by atoms with Crippen LogP contribution >= 0.6 is 46.6 Å². The van der Waals surface area contributed by atoms with Crippen molar-refractivity contribution in [1.29, 1.82) is 0 Å².